The first kappa shape index (κ1) is 16.8. The molecular weight excluding hydrogens is 366 g/mol. The topological polar surface area (TPSA) is 47.8 Å². The van der Waals surface area contributed by atoms with E-state index in [2.05, 4.69) is 4.98 Å². The highest BCUT2D eigenvalue weighted by molar-refractivity contribution is 7.98. The van der Waals surface area contributed by atoms with Crippen LogP contribution in [-0.4, -0.2) is 14.5 Å². The molecule has 2 heterocycles. The molecule has 0 radical (unpaired) electrons. The lowest BCUT2D eigenvalue weighted by Crippen LogP contribution is -2.21. The number of rotatable bonds is 4. The van der Waals surface area contributed by atoms with E-state index >= 15 is 0 Å². The summed E-state index contributed by atoms with van der Waals surface area (Å²) < 4.78 is 1.62. The van der Waals surface area contributed by atoms with Gasteiger partial charge < -0.3 is 0 Å². The number of hydrogen-bond donors (Lipinski definition) is 0. The number of halogens is 1. The lowest BCUT2D eigenvalue weighted by Gasteiger charge is -2.13. The number of thioether (sulfide) groups is 1. The summed E-state index contributed by atoms with van der Waals surface area (Å²) in [5, 5.41) is 1.78. The predicted molar refractivity (Wildman–Crippen MR) is 106 cm³/mol. The largest absolute Gasteiger partial charge is 0.268 e. The van der Waals surface area contributed by atoms with Gasteiger partial charge in [-0.05, 0) is 42.0 Å². The number of aromatic nitrogens is 3. The maximum absolute atomic E-state index is 13.1. The molecule has 4 aromatic rings. The van der Waals surface area contributed by atoms with Crippen molar-refractivity contribution in [3.8, 4) is 5.69 Å². The van der Waals surface area contributed by atoms with E-state index in [9.17, 15) is 4.79 Å². The highest BCUT2D eigenvalue weighted by Crippen LogP contribution is 2.25. The molecular formula is C20H14ClN3OS. The normalized spacial score (nSPS) is 11.0. The second-order valence-electron chi connectivity index (χ2n) is 5.68. The lowest BCUT2D eigenvalue weighted by atomic mass is 10.2. The average molecular weight is 380 g/mol. The van der Waals surface area contributed by atoms with Gasteiger partial charge in [-0.1, -0.05) is 47.6 Å². The van der Waals surface area contributed by atoms with Gasteiger partial charge in [0.15, 0.2) is 5.16 Å². The van der Waals surface area contributed by atoms with E-state index in [0.717, 1.165) is 5.56 Å². The van der Waals surface area contributed by atoms with Crippen LogP contribution in [-0.2, 0) is 5.75 Å². The quantitative estimate of drug-likeness (QED) is 0.380. The number of nitrogens with zero attached hydrogens (tertiary/aromatic N) is 3. The van der Waals surface area contributed by atoms with Crippen molar-refractivity contribution in [3.05, 3.63) is 94.0 Å². The summed E-state index contributed by atoms with van der Waals surface area (Å²) in [4.78, 5) is 22.0. The summed E-state index contributed by atoms with van der Waals surface area (Å²) in [6.07, 6.45) is 3.56. The van der Waals surface area contributed by atoms with Gasteiger partial charge in [-0.2, -0.15) is 0 Å². The average Bonchev–Trinajstić information content (AvgIpc) is 2.67. The van der Waals surface area contributed by atoms with Gasteiger partial charge in [0.1, 0.15) is 0 Å². The minimum absolute atomic E-state index is 0.105. The van der Waals surface area contributed by atoms with Gasteiger partial charge in [-0.3, -0.25) is 14.3 Å². The number of fused-ring (bicyclic) bond motifs is 1. The van der Waals surface area contributed by atoms with E-state index in [4.69, 9.17) is 16.6 Å². The molecule has 2 aromatic heterocycles. The zero-order valence-corrected chi connectivity index (χ0v) is 15.2. The molecule has 0 unspecified atom stereocenters. The molecule has 6 heteroatoms. The predicted octanol–water partition coefficient (Wildman–Crippen LogP) is 4.73. The van der Waals surface area contributed by atoms with Crippen LogP contribution in [0.4, 0.5) is 0 Å². The Labute approximate surface area is 159 Å². The van der Waals surface area contributed by atoms with Crippen LogP contribution in [0, 0.1) is 0 Å². The Kier molecular flexibility index (Phi) is 4.73. The second kappa shape index (κ2) is 7.32. The zero-order valence-electron chi connectivity index (χ0n) is 13.7. The van der Waals surface area contributed by atoms with Crippen molar-refractivity contribution in [1.82, 2.24) is 14.5 Å². The number of pyridine rings is 1. The molecule has 128 valence electrons. The molecule has 0 amide bonds. The van der Waals surface area contributed by atoms with Crippen LogP contribution < -0.4 is 5.56 Å². The van der Waals surface area contributed by atoms with E-state index in [1.807, 2.05) is 48.7 Å². The summed E-state index contributed by atoms with van der Waals surface area (Å²) >= 11 is 7.64. The summed E-state index contributed by atoms with van der Waals surface area (Å²) in [5.41, 5.74) is 2.35. The monoisotopic (exact) mass is 379 g/mol. The van der Waals surface area contributed by atoms with E-state index < -0.39 is 0 Å². The summed E-state index contributed by atoms with van der Waals surface area (Å²) in [6.45, 7) is 0. The number of benzene rings is 2. The van der Waals surface area contributed by atoms with Crippen LogP contribution in [0.15, 0.2) is 83.0 Å². The van der Waals surface area contributed by atoms with Gasteiger partial charge in [0.25, 0.3) is 5.56 Å². The molecule has 0 aliphatic heterocycles. The molecule has 4 nitrogen and oxygen atoms in total. The van der Waals surface area contributed by atoms with Crippen LogP contribution >= 0.6 is 23.4 Å². The van der Waals surface area contributed by atoms with Crippen molar-refractivity contribution in [3.63, 3.8) is 0 Å². The van der Waals surface area contributed by atoms with Crippen molar-refractivity contribution < 1.29 is 0 Å². The third kappa shape index (κ3) is 3.36. The first-order chi connectivity index (χ1) is 12.7. The van der Waals surface area contributed by atoms with Crippen molar-refractivity contribution in [2.75, 3.05) is 0 Å². The third-order valence-corrected chi connectivity index (χ3v) is 5.15. The standard InChI is InChI=1S/C20H14ClN3OS/c21-15-6-3-7-16(11-15)24-19(25)17-8-1-2-9-18(17)23-20(24)26-13-14-5-4-10-22-12-14/h1-12H,13H2. The van der Waals surface area contributed by atoms with Crippen LogP contribution in [0.25, 0.3) is 16.6 Å². The minimum atomic E-state index is -0.105. The fourth-order valence-corrected chi connectivity index (χ4v) is 3.81. The van der Waals surface area contributed by atoms with Crippen molar-refractivity contribution in [1.29, 1.82) is 0 Å². The zero-order chi connectivity index (χ0) is 17.9. The molecule has 0 fully saturated rings. The number of para-hydroxylation sites is 1. The number of hydrogen-bond acceptors (Lipinski definition) is 4. The maximum Gasteiger partial charge on any atom is 0.266 e. The van der Waals surface area contributed by atoms with Crippen molar-refractivity contribution in [2.45, 2.75) is 10.9 Å². The highest BCUT2D eigenvalue weighted by Gasteiger charge is 2.13. The summed E-state index contributed by atoms with van der Waals surface area (Å²) in [6, 6.07) is 18.5. The van der Waals surface area contributed by atoms with E-state index in [1.54, 1.807) is 29.0 Å². The van der Waals surface area contributed by atoms with Crippen molar-refractivity contribution in [2.24, 2.45) is 0 Å². The SMILES string of the molecule is O=c1c2ccccc2nc(SCc2cccnc2)n1-c1cccc(Cl)c1. The third-order valence-electron chi connectivity index (χ3n) is 3.90. The molecule has 0 aliphatic carbocycles. The van der Waals surface area contributed by atoms with Crippen LogP contribution in [0.1, 0.15) is 5.56 Å². The molecule has 0 bridgehead atoms. The van der Waals surface area contributed by atoms with Crippen molar-refractivity contribution >= 4 is 34.3 Å². The van der Waals surface area contributed by atoms with E-state index in [0.29, 0.717) is 32.5 Å². The fourth-order valence-electron chi connectivity index (χ4n) is 2.68. The van der Waals surface area contributed by atoms with Crippen LogP contribution in [0.5, 0.6) is 0 Å². The van der Waals surface area contributed by atoms with Crippen LogP contribution in [0.2, 0.25) is 5.02 Å². The van der Waals surface area contributed by atoms with E-state index in [1.165, 1.54) is 11.8 Å². The van der Waals surface area contributed by atoms with Gasteiger partial charge in [-0.25, -0.2) is 4.98 Å². The minimum Gasteiger partial charge on any atom is -0.268 e. The van der Waals surface area contributed by atoms with Gasteiger partial charge in [0.2, 0.25) is 0 Å². The van der Waals surface area contributed by atoms with E-state index in [-0.39, 0.29) is 5.56 Å². The Morgan fingerprint density at radius 3 is 2.73 bits per heavy atom. The Balaban J connectivity index is 1.86. The molecule has 0 N–H and O–H groups in total. The molecule has 26 heavy (non-hydrogen) atoms. The molecule has 0 atom stereocenters. The molecule has 4 rings (SSSR count). The maximum atomic E-state index is 13.1. The molecule has 0 saturated carbocycles. The summed E-state index contributed by atoms with van der Waals surface area (Å²) in [5.74, 6) is 0.666. The second-order valence-corrected chi connectivity index (χ2v) is 7.06. The molecule has 2 aromatic carbocycles. The highest BCUT2D eigenvalue weighted by atomic mass is 35.5. The smallest absolute Gasteiger partial charge is 0.266 e. The van der Waals surface area contributed by atoms with Gasteiger partial charge in [-0.15, -0.1) is 0 Å². The van der Waals surface area contributed by atoms with Gasteiger partial charge in [0.05, 0.1) is 16.6 Å². The first-order valence-electron chi connectivity index (χ1n) is 8.02. The molecule has 0 aliphatic rings. The Bertz CT molecular complexity index is 1130. The Morgan fingerprint density at radius 2 is 1.92 bits per heavy atom. The Morgan fingerprint density at radius 1 is 1.04 bits per heavy atom. The summed E-state index contributed by atoms with van der Waals surface area (Å²) in [7, 11) is 0. The first-order valence-corrected chi connectivity index (χ1v) is 9.38. The van der Waals surface area contributed by atoms with Gasteiger partial charge in [0, 0.05) is 23.2 Å². The molecule has 0 spiro atoms. The fraction of sp³-hybridized carbons (Fsp3) is 0.0500. The Hall–Kier alpha value is -2.63. The molecule has 0 saturated heterocycles. The van der Waals surface area contributed by atoms with Crippen LogP contribution in [0.3, 0.4) is 0 Å². The lowest BCUT2D eigenvalue weighted by molar-refractivity contribution is 0.819. The van der Waals surface area contributed by atoms with Gasteiger partial charge >= 0.3 is 0 Å².